The van der Waals surface area contributed by atoms with Crippen LogP contribution in [0.1, 0.15) is 36.4 Å². The van der Waals surface area contributed by atoms with Gasteiger partial charge in [-0.25, -0.2) is 0 Å². The Balaban J connectivity index is 2.25. The Morgan fingerprint density at radius 1 is 0.824 bits per heavy atom. The van der Waals surface area contributed by atoms with E-state index in [0.29, 0.717) is 5.92 Å². The van der Waals surface area contributed by atoms with Gasteiger partial charge in [0.05, 0.1) is 0 Å². The molecule has 2 rings (SSSR count). The molecule has 88 valence electrons. The molecule has 0 aliphatic carbocycles. The third kappa shape index (κ3) is 2.75. The molecule has 2 aromatic rings. The van der Waals surface area contributed by atoms with Crippen molar-refractivity contribution in [2.24, 2.45) is 5.73 Å². The fraction of sp³-hybridized carbons (Fsp3) is 0.250. The Labute approximate surface area is 103 Å². The van der Waals surface area contributed by atoms with Crippen molar-refractivity contribution in [1.82, 2.24) is 0 Å². The molecule has 0 aromatic heterocycles. The Bertz CT molecular complexity index is 436. The molecule has 0 unspecified atom stereocenters. The Hall–Kier alpha value is -1.60. The topological polar surface area (TPSA) is 26.0 Å². The summed E-state index contributed by atoms with van der Waals surface area (Å²) in [6.45, 7) is 2.19. The first-order valence-electron chi connectivity index (χ1n) is 6.18. The van der Waals surface area contributed by atoms with Crippen molar-refractivity contribution >= 4 is 0 Å². The van der Waals surface area contributed by atoms with Gasteiger partial charge < -0.3 is 5.73 Å². The highest BCUT2D eigenvalue weighted by Crippen LogP contribution is 2.31. The molecule has 1 heteroatoms. The van der Waals surface area contributed by atoms with E-state index < -0.39 is 0 Å². The van der Waals surface area contributed by atoms with Gasteiger partial charge in [0.2, 0.25) is 0 Å². The van der Waals surface area contributed by atoms with Crippen LogP contribution in [-0.4, -0.2) is 0 Å². The monoisotopic (exact) mass is 225 g/mol. The van der Waals surface area contributed by atoms with Crippen molar-refractivity contribution in [2.45, 2.75) is 25.3 Å². The summed E-state index contributed by atoms with van der Waals surface area (Å²) in [5, 5.41) is 0. The van der Waals surface area contributed by atoms with Crippen molar-refractivity contribution in [1.29, 1.82) is 0 Å². The molecule has 0 heterocycles. The second kappa shape index (κ2) is 5.65. The lowest BCUT2D eigenvalue weighted by Gasteiger charge is -2.23. The quantitative estimate of drug-likeness (QED) is 0.839. The van der Waals surface area contributed by atoms with E-state index in [2.05, 4.69) is 43.3 Å². The van der Waals surface area contributed by atoms with Crippen molar-refractivity contribution in [3.05, 3.63) is 71.8 Å². The zero-order valence-corrected chi connectivity index (χ0v) is 10.2. The average molecular weight is 225 g/mol. The smallest absolute Gasteiger partial charge is 0.0364 e. The molecule has 2 aromatic carbocycles. The standard InChI is InChI=1S/C16H19N/c1-2-15(13-9-5-3-6-10-13)16(17)14-11-7-4-8-12-14/h3-12,15-16H,2,17H2,1H3/t15-,16-/m1/s1. The lowest BCUT2D eigenvalue weighted by atomic mass is 9.86. The van der Waals surface area contributed by atoms with Gasteiger partial charge in [0.15, 0.2) is 0 Å². The van der Waals surface area contributed by atoms with Crippen LogP contribution in [0.3, 0.4) is 0 Å². The lowest BCUT2D eigenvalue weighted by Crippen LogP contribution is -2.19. The van der Waals surface area contributed by atoms with Crippen LogP contribution in [0.2, 0.25) is 0 Å². The first-order chi connectivity index (χ1) is 8.33. The maximum Gasteiger partial charge on any atom is 0.0364 e. The molecule has 0 radical (unpaired) electrons. The highest BCUT2D eigenvalue weighted by molar-refractivity contribution is 5.27. The number of nitrogens with two attached hydrogens (primary N) is 1. The van der Waals surface area contributed by atoms with Crippen LogP contribution in [0.25, 0.3) is 0 Å². The van der Waals surface area contributed by atoms with E-state index >= 15 is 0 Å². The summed E-state index contributed by atoms with van der Waals surface area (Å²) in [4.78, 5) is 0. The average Bonchev–Trinajstić information content (AvgIpc) is 2.42. The minimum Gasteiger partial charge on any atom is -0.323 e. The van der Waals surface area contributed by atoms with Crippen LogP contribution < -0.4 is 5.73 Å². The highest BCUT2D eigenvalue weighted by atomic mass is 14.6. The molecule has 0 saturated heterocycles. The van der Waals surface area contributed by atoms with Crippen molar-refractivity contribution in [2.75, 3.05) is 0 Å². The summed E-state index contributed by atoms with van der Waals surface area (Å²) in [5.41, 5.74) is 8.92. The summed E-state index contributed by atoms with van der Waals surface area (Å²) in [6.07, 6.45) is 1.06. The second-order valence-corrected chi connectivity index (χ2v) is 4.36. The fourth-order valence-electron chi connectivity index (χ4n) is 2.30. The third-order valence-corrected chi connectivity index (χ3v) is 3.29. The molecular formula is C16H19N. The van der Waals surface area contributed by atoms with E-state index in [0.717, 1.165) is 6.42 Å². The van der Waals surface area contributed by atoms with E-state index in [1.165, 1.54) is 11.1 Å². The van der Waals surface area contributed by atoms with Gasteiger partial charge >= 0.3 is 0 Å². The van der Waals surface area contributed by atoms with E-state index in [-0.39, 0.29) is 6.04 Å². The minimum atomic E-state index is 0.0728. The molecule has 0 spiro atoms. The number of rotatable bonds is 4. The van der Waals surface area contributed by atoms with Gasteiger partial charge in [-0.2, -0.15) is 0 Å². The molecule has 0 saturated carbocycles. The third-order valence-electron chi connectivity index (χ3n) is 3.29. The van der Waals surface area contributed by atoms with Gasteiger partial charge in [-0.15, -0.1) is 0 Å². The van der Waals surface area contributed by atoms with E-state index in [1.807, 2.05) is 24.3 Å². The lowest BCUT2D eigenvalue weighted by molar-refractivity contribution is 0.539. The van der Waals surface area contributed by atoms with Crippen LogP contribution >= 0.6 is 0 Å². The number of hydrogen-bond donors (Lipinski definition) is 1. The predicted molar refractivity (Wildman–Crippen MR) is 72.8 cm³/mol. The van der Waals surface area contributed by atoms with E-state index in [9.17, 15) is 0 Å². The van der Waals surface area contributed by atoms with E-state index in [1.54, 1.807) is 0 Å². The highest BCUT2D eigenvalue weighted by Gasteiger charge is 2.18. The molecule has 2 atom stereocenters. The van der Waals surface area contributed by atoms with Crippen LogP contribution in [-0.2, 0) is 0 Å². The Morgan fingerprint density at radius 2 is 1.29 bits per heavy atom. The van der Waals surface area contributed by atoms with E-state index in [4.69, 9.17) is 5.73 Å². The molecule has 17 heavy (non-hydrogen) atoms. The Kier molecular flexibility index (Phi) is 3.94. The molecule has 1 nitrogen and oxygen atoms in total. The van der Waals surface area contributed by atoms with Gasteiger partial charge in [-0.1, -0.05) is 67.6 Å². The van der Waals surface area contributed by atoms with Gasteiger partial charge in [0, 0.05) is 12.0 Å². The summed E-state index contributed by atoms with van der Waals surface area (Å²) in [6, 6.07) is 20.9. The largest absolute Gasteiger partial charge is 0.323 e. The molecule has 2 N–H and O–H groups in total. The van der Waals surface area contributed by atoms with Gasteiger partial charge in [-0.3, -0.25) is 0 Å². The first-order valence-corrected chi connectivity index (χ1v) is 6.18. The fourth-order valence-corrected chi connectivity index (χ4v) is 2.30. The summed E-state index contributed by atoms with van der Waals surface area (Å²) >= 11 is 0. The molecule has 0 aliphatic heterocycles. The number of hydrogen-bond acceptors (Lipinski definition) is 1. The normalized spacial score (nSPS) is 14.2. The first kappa shape index (κ1) is 11.9. The molecule has 0 aliphatic rings. The molecule has 0 bridgehead atoms. The molecule has 0 amide bonds. The molecule has 0 fully saturated rings. The van der Waals surface area contributed by atoms with Crippen LogP contribution in [0.5, 0.6) is 0 Å². The maximum atomic E-state index is 6.38. The van der Waals surface area contributed by atoms with Crippen molar-refractivity contribution < 1.29 is 0 Å². The van der Waals surface area contributed by atoms with Crippen LogP contribution in [0, 0.1) is 0 Å². The zero-order valence-electron chi connectivity index (χ0n) is 10.2. The predicted octanol–water partition coefficient (Wildman–Crippen LogP) is 3.88. The maximum absolute atomic E-state index is 6.38. The van der Waals surface area contributed by atoms with Crippen molar-refractivity contribution in [3.63, 3.8) is 0 Å². The number of benzene rings is 2. The minimum absolute atomic E-state index is 0.0728. The van der Waals surface area contributed by atoms with Crippen molar-refractivity contribution in [3.8, 4) is 0 Å². The SMILES string of the molecule is CC[C@H](c1ccccc1)[C@H](N)c1ccccc1. The van der Waals surface area contributed by atoms with Crippen LogP contribution in [0.4, 0.5) is 0 Å². The van der Waals surface area contributed by atoms with Gasteiger partial charge in [-0.05, 0) is 17.5 Å². The second-order valence-electron chi connectivity index (χ2n) is 4.36. The summed E-state index contributed by atoms with van der Waals surface area (Å²) < 4.78 is 0. The van der Waals surface area contributed by atoms with Gasteiger partial charge in [0.25, 0.3) is 0 Å². The van der Waals surface area contributed by atoms with Gasteiger partial charge in [0.1, 0.15) is 0 Å². The van der Waals surface area contributed by atoms with Crippen LogP contribution in [0.15, 0.2) is 60.7 Å². The zero-order chi connectivity index (χ0) is 12.1. The Morgan fingerprint density at radius 3 is 1.76 bits per heavy atom. The summed E-state index contributed by atoms with van der Waals surface area (Å²) in [7, 11) is 0. The summed E-state index contributed by atoms with van der Waals surface area (Å²) in [5.74, 6) is 0.388. The molecular weight excluding hydrogens is 206 g/mol.